The molecule has 0 radical (unpaired) electrons. The van der Waals surface area contributed by atoms with Gasteiger partial charge in [-0.1, -0.05) is 36.9 Å². The Bertz CT molecular complexity index is 1420. The fourth-order valence-corrected chi connectivity index (χ4v) is 7.55. The van der Waals surface area contributed by atoms with Gasteiger partial charge in [0.15, 0.2) is 10.8 Å². The van der Waals surface area contributed by atoms with Crippen LogP contribution in [0.3, 0.4) is 0 Å². The summed E-state index contributed by atoms with van der Waals surface area (Å²) in [5, 5.41) is 11.2. The number of anilines is 1. The zero-order chi connectivity index (χ0) is 22.1. The molecule has 6 nitrogen and oxygen atoms in total. The average molecular weight is 476 g/mol. The Balaban J connectivity index is 1.25. The number of benzene rings is 1. The third-order valence-corrected chi connectivity index (χ3v) is 9.31. The van der Waals surface area contributed by atoms with E-state index in [4.69, 9.17) is 4.98 Å². The Morgan fingerprint density at radius 2 is 2.06 bits per heavy atom. The van der Waals surface area contributed by atoms with Crippen molar-refractivity contribution in [2.24, 2.45) is 5.92 Å². The van der Waals surface area contributed by atoms with Crippen molar-refractivity contribution in [3.63, 3.8) is 0 Å². The molecule has 1 saturated carbocycles. The summed E-state index contributed by atoms with van der Waals surface area (Å²) in [5.41, 5.74) is 4.68. The van der Waals surface area contributed by atoms with Crippen LogP contribution in [0, 0.1) is 5.92 Å². The third kappa shape index (κ3) is 3.21. The van der Waals surface area contributed by atoms with Gasteiger partial charge in [0.1, 0.15) is 10.7 Å². The molecule has 7 rings (SSSR count). The fraction of sp³-hybridized carbons (Fsp3) is 0.440. The summed E-state index contributed by atoms with van der Waals surface area (Å²) in [5.74, 6) is 2.78. The number of amides is 1. The van der Waals surface area contributed by atoms with E-state index >= 15 is 0 Å². The molecule has 1 unspecified atom stereocenters. The molecule has 3 aliphatic rings. The van der Waals surface area contributed by atoms with E-state index in [-0.39, 0.29) is 5.91 Å². The Morgan fingerprint density at radius 3 is 2.94 bits per heavy atom. The first-order valence-electron chi connectivity index (χ1n) is 11.9. The van der Waals surface area contributed by atoms with Gasteiger partial charge in [-0.15, -0.1) is 21.5 Å². The number of fused-ring (bicyclic) bond motifs is 6. The molecule has 1 fully saturated rings. The highest BCUT2D eigenvalue weighted by atomic mass is 32.2. The van der Waals surface area contributed by atoms with E-state index in [2.05, 4.69) is 27.6 Å². The monoisotopic (exact) mass is 475 g/mol. The topological polar surface area (TPSA) is 63.4 Å². The summed E-state index contributed by atoms with van der Waals surface area (Å²) >= 11 is 3.35. The lowest BCUT2D eigenvalue weighted by atomic mass is 9.89. The summed E-state index contributed by atoms with van der Waals surface area (Å²) < 4.78 is 2.17. The molecule has 1 atom stereocenters. The minimum absolute atomic E-state index is 0.130. The van der Waals surface area contributed by atoms with Crippen molar-refractivity contribution in [1.29, 1.82) is 0 Å². The van der Waals surface area contributed by atoms with Crippen molar-refractivity contribution in [2.75, 3.05) is 17.2 Å². The van der Waals surface area contributed by atoms with Crippen LogP contribution in [0.5, 0.6) is 0 Å². The van der Waals surface area contributed by atoms with E-state index in [0.717, 1.165) is 58.9 Å². The Morgan fingerprint density at radius 1 is 1.18 bits per heavy atom. The summed E-state index contributed by atoms with van der Waals surface area (Å²) in [6, 6.07) is 8.21. The number of carbonyl (C=O) groups excluding carboxylic acids is 1. The number of hydrogen-bond donors (Lipinski definition) is 0. The van der Waals surface area contributed by atoms with Gasteiger partial charge in [0, 0.05) is 23.0 Å². The van der Waals surface area contributed by atoms with Crippen LogP contribution in [0.1, 0.15) is 53.9 Å². The number of thiophene rings is 1. The van der Waals surface area contributed by atoms with E-state index in [1.807, 2.05) is 34.4 Å². The van der Waals surface area contributed by atoms with Crippen molar-refractivity contribution < 1.29 is 4.79 Å². The predicted molar refractivity (Wildman–Crippen MR) is 133 cm³/mol. The van der Waals surface area contributed by atoms with Crippen molar-refractivity contribution in [1.82, 2.24) is 19.6 Å². The molecule has 4 aromatic rings. The van der Waals surface area contributed by atoms with Crippen LogP contribution in [0.15, 0.2) is 29.4 Å². The van der Waals surface area contributed by atoms with Crippen LogP contribution in [-0.4, -0.2) is 37.8 Å². The minimum Gasteiger partial charge on any atom is -0.311 e. The van der Waals surface area contributed by atoms with Crippen LogP contribution in [0.25, 0.3) is 15.9 Å². The highest BCUT2D eigenvalue weighted by Gasteiger charge is 2.33. The predicted octanol–water partition coefficient (Wildman–Crippen LogP) is 5.02. The van der Waals surface area contributed by atoms with Crippen molar-refractivity contribution in [3.8, 4) is 0 Å². The molecule has 0 bridgehead atoms. The summed E-state index contributed by atoms with van der Waals surface area (Å²) in [6.07, 6.45) is 6.72. The maximum atomic E-state index is 13.1. The Kier molecular flexibility index (Phi) is 4.56. The number of rotatable bonds is 4. The number of thioether (sulfide) groups is 1. The average Bonchev–Trinajstić information content (AvgIpc) is 3.28. The number of hydrogen-bond acceptors (Lipinski definition) is 6. The first kappa shape index (κ1) is 20.0. The zero-order valence-corrected chi connectivity index (χ0v) is 20.2. The van der Waals surface area contributed by atoms with E-state index in [1.165, 1.54) is 52.4 Å². The van der Waals surface area contributed by atoms with Crippen molar-refractivity contribution >= 4 is 50.6 Å². The van der Waals surface area contributed by atoms with Crippen LogP contribution < -0.4 is 4.90 Å². The van der Waals surface area contributed by atoms with Gasteiger partial charge in [-0.25, -0.2) is 4.98 Å². The lowest BCUT2D eigenvalue weighted by Gasteiger charge is -2.17. The van der Waals surface area contributed by atoms with Gasteiger partial charge in [0.05, 0.1) is 11.1 Å². The summed E-state index contributed by atoms with van der Waals surface area (Å²) in [4.78, 5) is 22.8. The molecule has 1 amide bonds. The van der Waals surface area contributed by atoms with Gasteiger partial charge in [0.25, 0.3) is 0 Å². The molecule has 168 valence electrons. The third-order valence-electron chi connectivity index (χ3n) is 7.25. The van der Waals surface area contributed by atoms with Crippen molar-refractivity contribution in [2.45, 2.75) is 56.5 Å². The summed E-state index contributed by atoms with van der Waals surface area (Å²) in [6.45, 7) is 3.10. The van der Waals surface area contributed by atoms with Crippen molar-refractivity contribution in [3.05, 3.63) is 46.1 Å². The number of nitrogens with zero attached hydrogens (tertiary/aromatic N) is 5. The van der Waals surface area contributed by atoms with Gasteiger partial charge in [-0.3, -0.25) is 9.20 Å². The number of carbonyl (C=O) groups is 1. The second kappa shape index (κ2) is 7.53. The van der Waals surface area contributed by atoms with Gasteiger partial charge >= 0.3 is 0 Å². The molecule has 1 aliphatic heterocycles. The van der Waals surface area contributed by atoms with Crippen LogP contribution >= 0.6 is 23.1 Å². The Labute approximate surface area is 200 Å². The van der Waals surface area contributed by atoms with Crippen LogP contribution in [0.2, 0.25) is 0 Å². The van der Waals surface area contributed by atoms with Gasteiger partial charge in [-0.05, 0) is 61.6 Å². The number of aryl methyl sites for hydroxylation is 1. The zero-order valence-electron chi connectivity index (χ0n) is 18.6. The van der Waals surface area contributed by atoms with E-state index in [1.54, 1.807) is 0 Å². The number of para-hydroxylation sites is 1. The molecular formula is C25H25N5OS2. The smallest absolute Gasteiger partial charge is 0.237 e. The van der Waals surface area contributed by atoms with E-state index in [9.17, 15) is 4.79 Å². The molecule has 33 heavy (non-hydrogen) atoms. The van der Waals surface area contributed by atoms with E-state index < -0.39 is 0 Å². The second-order valence-corrected chi connectivity index (χ2v) is 11.7. The standard InChI is InChI=1S/C25H25N5OS2/c1-14-6-9-17-19(12-14)33-24-21(17)23-27-28-25(30(23)22(26-24)16-7-8-16)32-13-20(31)29-11-10-15-4-2-3-5-18(15)29/h2-5,14,16H,6-13H2,1H3. The minimum atomic E-state index is 0.130. The van der Waals surface area contributed by atoms with E-state index in [0.29, 0.717) is 11.7 Å². The number of aromatic nitrogens is 4. The van der Waals surface area contributed by atoms with Gasteiger partial charge < -0.3 is 4.90 Å². The molecule has 0 saturated heterocycles. The first-order chi connectivity index (χ1) is 16.2. The fourth-order valence-electron chi connectivity index (χ4n) is 5.35. The lowest BCUT2D eigenvalue weighted by Crippen LogP contribution is -2.30. The highest BCUT2D eigenvalue weighted by Crippen LogP contribution is 2.44. The van der Waals surface area contributed by atoms with Crippen LogP contribution in [-0.2, 0) is 24.1 Å². The quantitative estimate of drug-likeness (QED) is 0.388. The van der Waals surface area contributed by atoms with Crippen LogP contribution in [0.4, 0.5) is 5.69 Å². The summed E-state index contributed by atoms with van der Waals surface area (Å²) in [7, 11) is 0. The molecule has 0 spiro atoms. The first-order valence-corrected chi connectivity index (χ1v) is 13.7. The Hall–Kier alpha value is -2.45. The molecule has 2 aliphatic carbocycles. The SMILES string of the molecule is CC1CCc2c(sc3nc(C4CC4)n4c(SCC(=O)N5CCc6ccccc65)nnc4c23)C1. The molecule has 1 aromatic carbocycles. The molecular weight excluding hydrogens is 450 g/mol. The lowest BCUT2D eigenvalue weighted by molar-refractivity contribution is -0.116. The maximum Gasteiger partial charge on any atom is 0.237 e. The normalized spacial score (nSPS) is 19.9. The largest absolute Gasteiger partial charge is 0.311 e. The molecule has 3 aromatic heterocycles. The highest BCUT2D eigenvalue weighted by molar-refractivity contribution is 7.99. The van der Waals surface area contributed by atoms with Gasteiger partial charge in [0.2, 0.25) is 5.91 Å². The molecule has 4 heterocycles. The molecule has 8 heteroatoms. The second-order valence-electron chi connectivity index (χ2n) is 9.63. The maximum absolute atomic E-state index is 13.1. The van der Waals surface area contributed by atoms with Gasteiger partial charge in [-0.2, -0.15) is 0 Å². The molecule has 0 N–H and O–H groups in total.